The van der Waals surface area contributed by atoms with Crippen molar-refractivity contribution in [3.8, 4) is 17.2 Å². The number of aromatic hydroxyl groups is 1. The average molecular weight is 495 g/mol. The highest BCUT2D eigenvalue weighted by Gasteiger charge is 2.32. The van der Waals surface area contributed by atoms with Crippen molar-refractivity contribution in [2.75, 3.05) is 59.0 Å². The summed E-state index contributed by atoms with van der Waals surface area (Å²) in [5.41, 5.74) is 1.64. The number of anilines is 1. The van der Waals surface area contributed by atoms with Crippen molar-refractivity contribution < 1.29 is 19.3 Å². The zero-order valence-electron chi connectivity index (χ0n) is 21.3. The molecule has 9 heteroatoms. The molecule has 1 atom stereocenters. The van der Waals surface area contributed by atoms with E-state index >= 15 is 0 Å². The fourth-order valence-electron chi connectivity index (χ4n) is 4.82. The molecule has 1 N–H and O–H groups in total. The zero-order chi connectivity index (χ0) is 25.7. The number of nitrogens with zero attached hydrogens (tertiary/aromatic N) is 4. The van der Waals surface area contributed by atoms with Crippen molar-refractivity contribution in [2.45, 2.75) is 19.5 Å². The minimum absolute atomic E-state index is 0.0156. The number of methoxy groups -OCH3 is 3. The lowest BCUT2D eigenvalue weighted by molar-refractivity contribution is 0.183. The van der Waals surface area contributed by atoms with Crippen LogP contribution in [-0.2, 0) is 11.3 Å². The van der Waals surface area contributed by atoms with Gasteiger partial charge in [-0.05, 0) is 42.8 Å². The summed E-state index contributed by atoms with van der Waals surface area (Å²) in [5.74, 6) is 2.09. The third kappa shape index (κ3) is 5.17. The Labute approximate surface area is 211 Å². The van der Waals surface area contributed by atoms with E-state index in [1.807, 2.05) is 43.3 Å². The smallest absolute Gasteiger partial charge is 0.259 e. The quantitative estimate of drug-likeness (QED) is 0.486. The third-order valence-electron chi connectivity index (χ3n) is 6.69. The number of benzene rings is 1. The maximum absolute atomic E-state index is 13.8. The highest BCUT2D eigenvalue weighted by atomic mass is 16.5. The van der Waals surface area contributed by atoms with Crippen LogP contribution in [0.25, 0.3) is 0 Å². The van der Waals surface area contributed by atoms with Gasteiger partial charge >= 0.3 is 0 Å². The number of aryl methyl sites for hydroxylation is 1. The Kier molecular flexibility index (Phi) is 8.12. The van der Waals surface area contributed by atoms with Gasteiger partial charge in [0.1, 0.15) is 11.6 Å². The number of hydrogen-bond donors (Lipinski definition) is 1. The van der Waals surface area contributed by atoms with E-state index in [4.69, 9.17) is 14.2 Å². The molecule has 1 fully saturated rings. The van der Waals surface area contributed by atoms with Gasteiger partial charge in [-0.1, -0.05) is 12.1 Å². The summed E-state index contributed by atoms with van der Waals surface area (Å²) in [6.07, 6.45) is 1.79. The molecule has 4 rings (SSSR count). The average Bonchev–Trinajstić information content (AvgIpc) is 2.91. The van der Waals surface area contributed by atoms with Gasteiger partial charge in [0.2, 0.25) is 0 Å². The maximum atomic E-state index is 13.8. The Hall–Kier alpha value is -3.56. The molecule has 1 aliphatic heterocycles. The maximum Gasteiger partial charge on any atom is 0.259 e. The lowest BCUT2D eigenvalue weighted by Crippen LogP contribution is -2.49. The van der Waals surface area contributed by atoms with E-state index in [9.17, 15) is 9.90 Å². The predicted molar refractivity (Wildman–Crippen MR) is 138 cm³/mol. The SMILES string of the molecule is COCCn1c(C)cc(O)c(C(c2ccc(OC)c(OC)c2)N2CCN(c3ccccn3)CC2)c1=O. The van der Waals surface area contributed by atoms with Gasteiger partial charge in [-0.2, -0.15) is 0 Å². The summed E-state index contributed by atoms with van der Waals surface area (Å²) >= 11 is 0. The van der Waals surface area contributed by atoms with Crippen LogP contribution in [0.2, 0.25) is 0 Å². The van der Waals surface area contributed by atoms with E-state index in [1.165, 1.54) is 0 Å². The molecule has 0 bridgehead atoms. The fourth-order valence-corrected chi connectivity index (χ4v) is 4.82. The van der Waals surface area contributed by atoms with Crippen molar-refractivity contribution in [1.82, 2.24) is 14.5 Å². The second kappa shape index (κ2) is 11.5. The first-order valence-electron chi connectivity index (χ1n) is 12.0. The van der Waals surface area contributed by atoms with Gasteiger partial charge in [0.25, 0.3) is 5.56 Å². The van der Waals surface area contributed by atoms with E-state index in [0.29, 0.717) is 49.0 Å². The van der Waals surface area contributed by atoms with Crippen LogP contribution in [0.1, 0.15) is 22.9 Å². The van der Waals surface area contributed by atoms with Gasteiger partial charge in [-0.15, -0.1) is 0 Å². The Balaban J connectivity index is 1.77. The molecule has 3 heterocycles. The largest absolute Gasteiger partial charge is 0.507 e. The molecule has 1 aromatic carbocycles. The van der Waals surface area contributed by atoms with Gasteiger partial charge in [-0.3, -0.25) is 9.69 Å². The molecule has 1 saturated heterocycles. The number of piperazine rings is 1. The lowest BCUT2D eigenvalue weighted by Gasteiger charge is -2.40. The van der Waals surface area contributed by atoms with Gasteiger partial charge in [-0.25, -0.2) is 4.98 Å². The van der Waals surface area contributed by atoms with E-state index < -0.39 is 6.04 Å². The number of hydrogen-bond acceptors (Lipinski definition) is 8. The summed E-state index contributed by atoms with van der Waals surface area (Å²) in [6, 6.07) is 12.7. The van der Waals surface area contributed by atoms with Crippen LogP contribution in [0.15, 0.2) is 53.5 Å². The van der Waals surface area contributed by atoms with Crippen LogP contribution in [0, 0.1) is 6.92 Å². The van der Waals surface area contributed by atoms with E-state index in [-0.39, 0.29) is 11.3 Å². The van der Waals surface area contributed by atoms with Crippen LogP contribution >= 0.6 is 0 Å². The molecule has 192 valence electrons. The highest BCUT2D eigenvalue weighted by molar-refractivity contribution is 5.48. The van der Waals surface area contributed by atoms with E-state index in [2.05, 4.69) is 14.8 Å². The van der Waals surface area contributed by atoms with Crippen LogP contribution < -0.4 is 19.9 Å². The molecule has 0 saturated carbocycles. The van der Waals surface area contributed by atoms with Gasteiger partial charge in [0, 0.05) is 51.7 Å². The first kappa shape index (κ1) is 25.5. The third-order valence-corrected chi connectivity index (χ3v) is 6.69. The number of pyridine rings is 2. The van der Waals surface area contributed by atoms with Crippen LogP contribution in [0.5, 0.6) is 17.2 Å². The van der Waals surface area contributed by atoms with Crippen LogP contribution in [0.3, 0.4) is 0 Å². The second-order valence-electron chi connectivity index (χ2n) is 8.76. The summed E-state index contributed by atoms with van der Waals surface area (Å²) in [7, 11) is 4.78. The van der Waals surface area contributed by atoms with Gasteiger partial charge in [0.05, 0.1) is 32.4 Å². The van der Waals surface area contributed by atoms with Crippen molar-refractivity contribution in [3.05, 3.63) is 75.8 Å². The molecular weight excluding hydrogens is 460 g/mol. The van der Waals surface area contributed by atoms with Gasteiger partial charge in [0.15, 0.2) is 11.5 Å². The second-order valence-corrected chi connectivity index (χ2v) is 8.76. The normalized spacial score (nSPS) is 15.1. The molecule has 1 unspecified atom stereocenters. The number of aromatic nitrogens is 2. The summed E-state index contributed by atoms with van der Waals surface area (Å²) < 4.78 is 17.9. The fraction of sp³-hybridized carbons (Fsp3) is 0.407. The Morgan fingerprint density at radius 2 is 1.75 bits per heavy atom. The molecular formula is C27H34N4O5. The number of rotatable bonds is 9. The lowest BCUT2D eigenvalue weighted by atomic mass is 9.95. The van der Waals surface area contributed by atoms with Crippen molar-refractivity contribution in [1.29, 1.82) is 0 Å². The molecule has 0 aliphatic carbocycles. The van der Waals surface area contributed by atoms with E-state index in [0.717, 1.165) is 24.5 Å². The minimum Gasteiger partial charge on any atom is -0.507 e. The van der Waals surface area contributed by atoms with E-state index in [1.54, 1.807) is 38.2 Å². The minimum atomic E-state index is -0.474. The highest BCUT2D eigenvalue weighted by Crippen LogP contribution is 2.37. The molecule has 1 aliphatic rings. The van der Waals surface area contributed by atoms with Crippen LogP contribution in [-0.4, -0.2) is 73.7 Å². The molecule has 36 heavy (non-hydrogen) atoms. The van der Waals surface area contributed by atoms with Crippen molar-refractivity contribution in [3.63, 3.8) is 0 Å². The summed E-state index contributed by atoms with van der Waals surface area (Å²) in [6.45, 7) is 5.46. The first-order valence-corrected chi connectivity index (χ1v) is 12.0. The summed E-state index contributed by atoms with van der Waals surface area (Å²) in [4.78, 5) is 22.7. The first-order chi connectivity index (χ1) is 17.5. The molecule has 0 radical (unpaired) electrons. The Bertz CT molecular complexity index is 1220. The predicted octanol–water partition coefficient (Wildman–Crippen LogP) is 2.83. The molecule has 0 spiro atoms. The van der Waals surface area contributed by atoms with Crippen LogP contribution in [0.4, 0.5) is 5.82 Å². The topological polar surface area (TPSA) is 89.3 Å². The molecule has 0 amide bonds. The Morgan fingerprint density at radius 3 is 2.39 bits per heavy atom. The van der Waals surface area contributed by atoms with Crippen molar-refractivity contribution >= 4 is 5.82 Å². The standard InChI is InChI=1S/C27H34N4O5/c1-19-17-21(32)25(27(33)31(19)15-16-34-2)26(20-8-9-22(35-3)23(18-20)36-4)30-13-11-29(12-14-30)24-7-5-6-10-28-24/h5-10,17-18,26,32H,11-16H2,1-4H3. The van der Waals surface area contributed by atoms with Gasteiger partial charge < -0.3 is 28.8 Å². The zero-order valence-corrected chi connectivity index (χ0v) is 21.3. The van der Waals surface area contributed by atoms with Crippen molar-refractivity contribution in [2.24, 2.45) is 0 Å². The molecule has 3 aromatic rings. The number of ether oxygens (including phenoxy) is 3. The molecule has 2 aromatic heterocycles. The Morgan fingerprint density at radius 1 is 1.00 bits per heavy atom. The molecule has 9 nitrogen and oxygen atoms in total. The monoisotopic (exact) mass is 494 g/mol. The summed E-state index contributed by atoms with van der Waals surface area (Å²) in [5, 5.41) is 11.1.